The number of fused-ring (bicyclic) bond motifs is 2. The number of aryl methyl sites for hydroxylation is 4. The Morgan fingerprint density at radius 2 is 0.944 bits per heavy atom. The molecule has 1 aliphatic carbocycles. The highest BCUT2D eigenvalue weighted by Crippen LogP contribution is 2.47. The molecule has 0 spiro atoms. The van der Waals surface area contributed by atoms with Crippen molar-refractivity contribution in [2.75, 3.05) is 10.6 Å². The molecule has 5 rings (SSSR count). The van der Waals surface area contributed by atoms with Crippen molar-refractivity contribution in [3.8, 4) is 11.5 Å². The quantitative estimate of drug-likeness (QED) is 0.0600. The lowest BCUT2D eigenvalue weighted by molar-refractivity contribution is 0.0974. The first kappa shape index (κ1) is 40.3. The Morgan fingerprint density at radius 3 is 1.28 bits per heavy atom. The predicted octanol–water partition coefficient (Wildman–Crippen LogP) is 5.97. The molecular weight excluding hydrogens is 765 g/mol. The molecule has 0 radical (unpaired) electrons. The zero-order valence-electron chi connectivity index (χ0n) is 29.9. The number of carbonyl (C=O) groups is 2. The molecule has 0 unspecified atom stereocenters. The molecule has 0 heterocycles. The lowest BCUT2D eigenvalue weighted by atomic mass is 9.81. The van der Waals surface area contributed by atoms with Crippen LogP contribution in [0.4, 0.5) is 22.7 Å². The van der Waals surface area contributed by atoms with Gasteiger partial charge in [0.05, 0.1) is 33.6 Å². The van der Waals surface area contributed by atoms with Gasteiger partial charge in [-0.05, 0) is 85.0 Å². The van der Waals surface area contributed by atoms with Crippen LogP contribution in [0.2, 0.25) is 0 Å². The molecule has 0 aliphatic heterocycles. The van der Waals surface area contributed by atoms with E-state index in [0.29, 0.717) is 30.0 Å². The number of ketones is 2. The standard InChI is InChI=1S/C36H38N2O13S3/c1-7-18-13-16(5)35(53(46,47)48)20(9-3)30(18)37-22-11-12-23(38-31-19(8-2)14-17(6)36(21(31)10-4)54(49,50)51)27-26(22)33(41)28-24(39)15-25(52(43,44)45)32(40)29(28)34(27)42/h11-15,37-40H,7-10H2,1-6H3,(H,43,44,45)(H,46,47,48)(H,49,50,51). The van der Waals surface area contributed by atoms with Crippen LogP contribution < -0.4 is 10.6 Å². The average molecular weight is 803 g/mol. The van der Waals surface area contributed by atoms with Crippen molar-refractivity contribution in [2.24, 2.45) is 0 Å². The number of hydrogen-bond donors (Lipinski definition) is 7. The maximum absolute atomic E-state index is 14.6. The molecule has 1 aliphatic rings. The molecule has 288 valence electrons. The number of phenols is 2. The van der Waals surface area contributed by atoms with Crippen LogP contribution in [0.3, 0.4) is 0 Å². The van der Waals surface area contributed by atoms with E-state index in [1.165, 1.54) is 32.0 Å². The highest BCUT2D eigenvalue weighted by molar-refractivity contribution is 7.86. The molecule has 0 saturated carbocycles. The van der Waals surface area contributed by atoms with Gasteiger partial charge in [0.15, 0.2) is 0 Å². The minimum Gasteiger partial charge on any atom is -0.507 e. The van der Waals surface area contributed by atoms with E-state index in [-0.39, 0.29) is 67.6 Å². The van der Waals surface area contributed by atoms with E-state index < -0.39 is 80.6 Å². The maximum atomic E-state index is 14.6. The molecular formula is C36H38N2O13S3. The summed E-state index contributed by atoms with van der Waals surface area (Å²) in [5.74, 6) is -4.65. The first-order valence-electron chi connectivity index (χ1n) is 16.7. The van der Waals surface area contributed by atoms with Crippen molar-refractivity contribution < 1.29 is 58.7 Å². The van der Waals surface area contributed by atoms with Crippen molar-refractivity contribution >= 4 is 64.7 Å². The summed E-state index contributed by atoms with van der Waals surface area (Å²) in [6.45, 7) is 9.86. The fourth-order valence-corrected chi connectivity index (χ4v) is 9.89. The molecule has 4 aromatic carbocycles. The molecule has 0 amide bonds. The molecule has 18 heteroatoms. The highest BCUT2D eigenvalue weighted by atomic mass is 32.2. The summed E-state index contributed by atoms with van der Waals surface area (Å²) in [6, 6.07) is 6.18. The van der Waals surface area contributed by atoms with Crippen molar-refractivity contribution in [2.45, 2.75) is 81.9 Å². The van der Waals surface area contributed by atoms with Gasteiger partial charge in [-0.1, -0.05) is 39.8 Å². The predicted molar refractivity (Wildman–Crippen MR) is 199 cm³/mol. The zero-order valence-corrected chi connectivity index (χ0v) is 32.4. The van der Waals surface area contributed by atoms with Gasteiger partial charge in [-0.25, -0.2) is 0 Å². The summed E-state index contributed by atoms with van der Waals surface area (Å²) in [5, 5.41) is 28.1. The Morgan fingerprint density at radius 1 is 0.556 bits per heavy atom. The largest absolute Gasteiger partial charge is 0.507 e. The van der Waals surface area contributed by atoms with Gasteiger partial charge in [0, 0.05) is 17.4 Å². The molecule has 15 nitrogen and oxygen atoms in total. The molecule has 4 aromatic rings. The van der Waals surface area contributed by atoms with Gasteiger partial charge in [-0.2, -0.15) is 25.3 Å². The fraction of sp³-hybridized carbons (Fsp3) is 0.278. The van der Waals surface area contributed by atoms with Crippen LogP contribution >= 0.6 is 0 Å². The van der Waals surface area contributed by atoms with Gasteiger partial charge < -0.3 is 20.8 Å². The number of benzene rings is 4. The molecule has 0 saturated heterocycles. The van der Waals surface area contributed by atoms with Gasteiger partial charge in [0.2, 0.25) is 11.6 Å². The number of nitrogens with one attached hydrogen (secondary N) is 2. The Kier molecular flexibility index (Phi) is 10.5. The molecule has 54 heavy (non-hydrogen) atoms. The normalized spacial score (nSPS) is 13.1. The molecule has 0 atom stereocenters. The number of hydrogen-bond acceptors (Lipinski definition) is 12. The number of rotatable bonds is 11. The van der Waals surface area contributed by atoms with Crippen LogP contribution in [0.25, 0.3) is 0 Å². The molecule has 0 fully saturated rings. The number of carbonyl (C=O) groups excluding carboxylic acids is 2. The zero-order chi connectivity index (χ0) is 40.4. The van der Waals surface area contributed by atoms with Crippen LogP contribution in [0, 0.1) is 13.8 Å². The van der Waals surface area contributed by atoms with Gasteiger partial charge in [0.1, 0.15) is 26.2 Å². The third-order valence-electron chi connectivity index (χ3n) is 9.43. The second-order valence-electron chi connectivity index (χ2n) is 12.7. The second kappa shape index (κ2) is 14.1. The molecule has 7 N–H and O–H groups in total. The number of aromatic hydroxyl groups is 2. The third kappa shape index (κ3) is 6.73. The van der Waals surface area contributed by atoms with Crippen LogP contribution in [-0.2, 0) is 56.0 Å². The van der Waals surface area contributed by atoms with Gasteiger partial charge >= 0.3 is 0 Å². The van der Waals surface area contributed by atoms with E-state index in [4.69, 9.17) is 0 Å². The minimum atomic E-state index is -5.24. The van der Waals surface area contributed by atoms with Crippen LogP contribution in [-0.4, -0.2) is 60.7 Å². The van der Waals surface area contributed by atoms with Gasteiger partial charge in [-0.3, -0.25) is 23.2 Å². The Bertz CT molecular complexity index is 2650. The van der Waals surface area contributed by atoms with E-state index in [0.717, 1.165) is 0 Å². The van der Waals surface area contributed by atoms with Crippen molar-refractivity contribution in [1.82, 2.24) is 0 Å². The first-order chi connectivity index (χ1) is 25.0. The summed E-state index contributed by atoms with van der Waals surface area (Å²) in [4.78, 5) is 27.1. The van der Waals surface area contributed by atoms with Crippen LogP contribution in [0.1, 0.15) is 92.9 Å². The number of anilines is 4. The summed E-state index contributed by atoms with van der Waals surface area (Å²) in [6.07, 6.45) is 0.823. The van der Waals surface area contributed by atoms with Crippen molar-refractivity contribution in [3.05, 3.63) is 86.0 Å². The van der Waals surface area contributed by atoms with E-state index in [2.05, 4.69) is 10.6 Å². The molecule has 0 aromatic heterocycles. The summed E-state index contributed by atoms with van der Waals surface area (Å²) in [7, 11) is -14.8. The van der Waals surface area contributed by atoms with Crippen molar-refractivity contribution in [1.29, 1.82) is 0 Å². The third-order valence-corrected chi connectivity index (χ3v) is 12.5. The van der Waals surface area contributed by atoms with E-state index in [1.807, 2.05) is 0 Å². The highest BCUT2D eigenvalue weighted by Gasteiger charge is 2.41. The lowest BCUT2D eigenvalue weighted by Crippen LogP contribution is -2.25. The smallest absolute Gasteiger partial charge is 0.298 e. The first-order valence-corrected chi connectivity index (χ1v) is 21.0. The fourth-order valence-electron chi connectivity index (χ4n) is 7.23. The van der Waals surface area contributed by atoms with Crippen LogP contribution in [0.5, 0.6) is 11.5 Å². The summed E-state index contributed by atoms with van der Waals surface area (Å²) >= 11 is 0. The van der Waals surface area contributed by atoms with Crippen molar-refractivity contribution in [3.63, 3.8) is 0 Å². The van der Waals surface area contributed by atoms with E-state index in [1.54, 1.807) is 33.8 Å². The SMILES string of the molecule is CCc1cc(C)c(S(=O)(=O)O)c(CC)c1Nc1ccc(Nc2c(CC)cc(C)c(S(=O)(=O)O)c2CC)c2c1C(=O)c1c(O)cc(S(=O)(=O)O)c(O)c1C2=O. The van der Waals surface area contributed by atoms with E-state index >= 15 is 0 Å². The van der Waals surface area contributed by atoms with E-state index in [9.17, 15) is 58.7 Å². The van der Waals surface area contributed by atoms with Gasteiger partial charge in [-0.15, -0.1) is 0 Å². The molecule has 0 bridgehead atoms. The number of phenolic OH excluding ortho intramolecular Hbond substituents is 2. The Labute approximate surface area is 312 Å². The Hall–Kier alpha value is -4.85. The average Bonchev–Trinajstić information content (AvgIpc) is 3.07. The minimum absolute atomic E-state index is 0.0686. The van der Waals surface area contributed by atoms with Gasteiger partial charge in [0.25, 0.3) is 30.4 Å². The summed E-state index contributed by atoms with van der Waals surface area (Å²) < 4.78 is 105. The van der Waals surface area contributed by atoms with Crippen LogP contribution in [0.15, 0.2) is 45.0 Å². The lowest BCUT2D eigenvalue weighted by Gasteiger charge is -2.28. The monoisotopic (exact) mass is 802 g/mol. The summed E-state index contributed by atoms with van der Waals surface area (Å²) in [5.41, 5.74) is -0.564. The second-order valence-corrected chi connectivity index (χ2v) is 16.8. The topological polar surface area (TPSA) is 262 Å². The Balaban J connectivity index is 1.90. The maximum Gasteiger partial charge on any atom is 0.298 e.